The molecule has 1 aromatic rings. The maximum absolute atomic E-state index is 13.1. The molecule has 2 nitrogen and oxygen atoms in total. The van der Waals surface area contributed by atoms with Crippen LogP contribution in [0.15, 0.2) is 18.2 Å². The molecule has 0 saturated carbocycles. The van der Waals surface area contributed by atoms with Gasteiger partial charge >= 0.3 is 0 Å². The van der Waals surface area contributed by atoms with Crippen LogP contribution in [0.4, 0.5) is 4.39 Å². The second-order valence-corrected chi connectivity index (χ2v) is 2.49. The molecule has 0 N–H and O–H groups in total. The van der Waals surface area contributed by atoms with Gasteiger partial charge in [-0.2, -0.15) is 0 Å². The van der Waals surface area contributed by atoms with Gasteiger partial charge in [-0.3, -0.25) is 4.79 Å². The monoisotopic (exact) mass is 190 g/mol. The molecule has 0 aliphatic carbocycles. The molecule has 0 radical (unpaired) electrons. The van der Waals surface area contributed by atoms with Crippen molar-refractivity contribution >= 4 is 12.6 Å². The molecule has 0 bridgehead atoms. The molecule has 70 valence electrons. The average molecular weight is 190 g/mol. The van der Waals surface area contributed by atoms with E-state index in [1.165, 1.54) is 18.2 Å². The number of aldehydes is 2. The summed E-state index contributed by atoms with van der Waals surface area (Å²) in [6, 6.07) is 4.13. The van der Waals surface area contributed by atoms with E-state index < -0.39 is 5.82 Å². The fraction of sp³-hybridized carbons (Fsp3) is 0.0909. The number of halogens is 1. The zero-order valence-corrected chi connectivity index (χ0v) is 7.29. The Morgan fingerprint density at radius 1 is 1.36 bits per heavy atom. The summed E-state index contributed by atoms with van der Waals surface area (Å²) in [5.74, 6) is 4.35. The summed E-state index contributed by atoms with van der Waals surface area (Å²) in [6.45, 7) is 0. The minimum absolute atomic E-state index is 0.0344. The summed E-state index contributed by atoms with van der Waals surface area (Å²) < 4.78 is 13.1. The highest BCUT2D eigenvalue weighted by molar-refractivity contribution is 5.79. The Morgan fingerprint density at radius 2 is 2.14 bits per heavy atom. The SMILES string of the molecule is O=CCC#Cc1c(F)cccc1C=O. The fourth-order valence-electron chi connectivity index (χ4n) is 0.952. The molecule has 0 aliphatic rings. The van der Waals surface area contributed by atoms with Crippen molar-refractivity contribution in [3.8, 4) is 11.8 Å². The lowest BCUT2D eigenvalue weighted by Crippen LogP contribution is -1.91. The summed E-state index contributed by atoms with van der Waals surface area (Å²) in [7, 11) is 0. The molecule has 0 spiro atoms. The van der Waals surface area contributed by atoms with Gasteiger partial charge in [0.1, 0.15) is 12.1 Å². The highest BCUT2D eigenvalue weighted by Crippen LogP contribution is 2.09. The van der Waals surface area contributed by atoms with Crippen LogP contribution in [0.25, 0.3) is 0 Å². The van der Waals surface area contributed by atoms with Crippen LogP contribution in [-0.2, 0) is 4.79 Å². The fourth-order valence-corrected chi connectivity index (χ4v) is 0.952. The second kappa shape index (κ2) is 4.93. The topological polar surface area (TPSA) is 34.1 Å². The predicted molar refractivity (Wildman–Crippen MR) is 49.3 cm³/mol. The number of benzene rings is 1. The highest BCUT2D eigenvalue weighted by Gasteiger charge is 2.03. The standard InChI is InChI=1S/C11H7FO2/c12-11-6-3-4-9(8-14)10(11)5-1-2-7-13/h3-4,6-8H,2H2. The van der Waals surface area contributed by atoms with Crippen LogP contribution < -0.4 is 0 Å². The van der Waals surface area contributed by atoms with Gasteiger partial charge in [0.25, 0.3) is 0 Å². The minimum atomic E-state index is -0.548. The van der Waals surface area contributed by atoms with E-state index >= 15 is 0 Å². The van der Waals surface area contributed by atoms with Gasteiger partial charge in [-0.25, -0.2) is 4.39 Å². The lowest BCUT2D eigenvalue weighted by molar-refractivity contribution is -0.107. The van der Waals surface area contributed by atoms with Gasteiger partial charge in [-0.15, -0.1) is 0 Å². The molecule has 0 saturated heterocycles. The van der Waals surface area contributed by atoms with Gasteiger partial charge < -0.3 is 4.79 Å². The van der Waals surface area contributed by atoms with E-state index in [0.29, 0.717) is 12.6 Å². The van der Waals surface area contributed by atoms with E-state index in [-0.39, 0.29) is 17.5 Å². The smallest absolute Gasteiger partial charge is 0.151 e. The first-order valence-electron chi connectivity index (χ1n) is 3.95. The molecular formula is C11H7FO2. The van der Waals surface area contributed by atoms with E-state index in [4.69, 9.17) is 0 Å². The van der Waals surface area contributed by atoms with E-state index in [9.17, 15) is 14.0 Å². The van der Waals surface area contributed by atoms with Gasteiger partial charge in [0.15, 0.2) is 6.29 Å². The van der Waals surface area contributed by atoms with Crippen molar-refractivity contribution in [3.05, 3.63) is 35.1 Å². The summed E-state index contributed by atoms with van der Waals surface area (Å²) in [4.78, 5) is 20.5. The Kier molecular flexibility index (Phi) is 3.57. The Balaban J connectivity index is 3.12. The van der Waals surface area contributed by atoms with E-state index in [1.807, 2.05) is 0 Å². The highest BCUT2D eigenvalue weighted by atomic mass is 19.1. The van der Waals surface area contributed by atoms with Gasteiger partial charge in [-0.1, -0.05) is 24.0 Å². The van der Waals surface area contributed by atoms with Crippen LogP contribution in [0.5, 0.6) is 0 Å². The van der Waals surface area contributed by atoms with Crippen LogP contribution in [-0.4, -0.2) is 12.6 Å². The predicted octanol–water partition coefficient (Wildman–Crippen LogP) is 1.58. The van der Waals surface area contributed by atoms with Crippen LogP contribution in [0.3, 0.4) is 0 Å². The van der Waals surface area contributed by atoms with Crippen molar-refractivity contribution in [1.82, 2.24) is 0 Å². The van der Waals surface area contributed by atoms with Crippen molar-refractivity contribution in [1.29, 1.82) is 0 Å². The molecule has 1 aromatic carbocycles. The maximum Gasteiger partial charge on any atom is 0.151 e. The number of carbonyl (C=O) groups excluding carboxylic acids is 2. The first-order chi connectivity index (χ1) is 6.79. The molecule has 14 heavy (non-hydrogen) atoms. The van der Waals surface area contributed by atoms with Gasteiger partial charge in [0.05, 0.1) is 12.0 Å². The molecule has 0 heterocycles. The number of rotatable bonds is 2. The van der Waals surface area contributed by atoms with Crippen molar-refractivity contribution < 1.29 is 14.0 Å². The van der Waals surface area contributed by atoms with E-state index in [0.717, 1.165) is 0 Å². The molecule has 0 fully saturated rings. The Hall–Kier alpha value is -1.95. The molecule has 0 aliphatic heterocycles. The lowest BCUT2D eigenvalue weighted by Gasteiger charge is -1.96. The molecular weight excluding hydrogens is 183 g/mol. The average Bonchev–Trinajstić information content (AvgIpc) is 2.20. The summed E-state index contributed by atoms with van der Waals surface area (Å²) in [6.07, 6.45) is 1.19. The Morgan fingerprint density at radius 3 is 2.79 bits per heavy atom. The van der Waals surface area contributed by atoms with E-state index in [2.05, 4.69) is 11.8 Å². The van der Waals surface area contributed by atoms with Gasteiger partial charge in [0.2, 0.25) is 0 Å². The number of hydrogen-bond donors (Lipinski definition) is 0. The Labute approximate surface area is 80.7 Å². The van der Waals surface area contributed by atoms with E-state index in [1.54, 1.807) is 0 Å². The molecule has 3 heteroatoms. The third-order valence-electron chi connectivity index (χ3n) is 1.57. The van der Waals surface area contributed by atoms with Gasteiger partial charge in [0, 0.05) is 5.56 Å². The lowest BCUT2D eigenvalue weighted by atomic mass is 10.1. The van der Waals surface area contributed by atoms with Crippen molar-refractivity contribution in [2.24, 2.45) is 0 Å². The number of hydrogen-bond acceptors (Lipinski definition) is 2. The quantitative estimate of drug-likeness (QED) is 0.524. The Bertz CT molecular complexity index is 413. The second-order valence-electron chi connectivity index (χ2n) is 2.49. The zero-order valence-electron chi connectivity index (χ0n) is 7.29. The molecule has 0 amide bonds. The minimum Gasteiger partial charge on any atom is -0.302 e. The molecule has 0 unspecified atom stereocenters. The summed E-state index contributed by atoms with van der Waals surface area (Å²) in [5, 5.41) is 0. The normalized spacial score (nSPS) is 8.64. The number of carbonyl (C=O) groups is 2. The first kappa shape index (κ1) is 10.1. The van der Waals surface area contributed by atoms with Crippen LogP contribution in [0.2, 0.25) is 0 Å². The summed E-state index contributed by atoms with van der Waals surface area (Å²) >= 11 is 0. The molecule has 0 aromatic heterocycles. The third kappa shape index (κ3) is 2.27. The first-order valence-corrected chi connectivity index (χ1v) is 3.95. The zero-order chi connectivity index (χ0) is 10.4. The summed E-state index contributed by atoms with van der Waals surface area (Å²) in [5.41, 5.74) is 0.243. The van der Waals surface area contributed by atoms with Crippen molar-refractivity contribution in [3.63, 3.8) is 0 Å². The third-order valence-corrected chi connectivity index (χ3v) is 1.57. The van der Waals surface area contributed by atoms with Crippen LogP contribution >= 0.6 is 0 Å². The van der Waals surface area contributed by atoms with Crippen LogP contribution in [0.1, 0.15) is 22.3 Å². The maximum atomic E-state index is 13.1. The molecule has 0 atom stereocenters. The van der Waals surface area contributed by atoms with Crippen LogP contribution in [0, 0.1) is 17.7 Å². The largest absolute Gasteiger partial charge is 0.302 e. The van der Waals surface area contributed by atoms with Gasteiger partial charge in [-0.05, 0) is 6.07 Å². The van der Waals surface area contributed by atoms with Crippen molar-refractivity contribution in [2.45, 2.75) is 6.42 Å². The van der Waals surface area contributed by atoms with Crippen molar-refractivity contribution in [2.75, 3.05) is 0 Å². The molecule has 1 rings (SSSR count).